The monoisotopic (exact) mass is 279 g/mol. The van der Waals surface area contributed by atoms with E-state index in [-0.39, 0.29) is 11.5 Å². The van der Waals surface area contributed by atoms with Crippen molar-refractivity contribution in [2.24, 2.45) is 0 Å². The maximum atomic E-state index is 11.9. The Morgan fingerprint density at radius 2 is 1.95 bits per heavy atom. The Labute approximate surface area is 118 Å². The molecule has 2 heterocycles. The van der Waals surface area contributed by atoms with Gasteiger partial charge in [-0.2, -0.15) is 0 Å². The lowest BCUT2D eigenvalue weighted by molar-refractivity contribution is 0.0363. The molecule has 0 spiro atoms. The van der Waals surface area contributed by atoms with Crippen LogP contribution in [0.5, 0.6) is 0 Å². The van der Waals surface area contributed by atoms with Crippen molar-refractivity contribution in [3.63, 3.8) is 0 Å². The lowest BCUT2D eigenvalue weighted by Gasteiger charge is -2.26. The SMILES string of the molecule is CN(C)C(=O)c1ccc(=O)n(CCN2CCOCC2)c1. The first kappa shape index (κ1) is 14.7. The molecular weight excluding hydrogens is 258 g/mol. The number of ether oxygens (including phenoxy) is 1. The maximum Gasteiger partial charge on any atom is 0.254 e. The highest BCUT2D eigenvalue weighted by molar-refractivity contribution is 5.93. The lowest BCUT2D eigenvalue weighted by Crippen LogP contribution is -2.39. The maximum absolute atomic E-state index is 11.9. The summed E-state index contributed by atoms with van der Waals surface area (Å²) in [5.41, 5.74) is 0.463. The van der Waals surface area contributed by atoms with Gasteiger partial charge in [0.2, 0.25) is 0 Å². The Morgan fingerprint density at radius 1 is 1.25 bits per heavy atom. The number of hydrogen-bond acceptors (Lipinski definition) is 4. The van der Waals surface area contributed by atoms with Crippen LogP contribution < -0.4 is 5.56 Å². The Kier molecular flexibility index (Phi) is 4.92. The minimum atomic E-state index is -0.0925. The zero-order valence-corrected chi connectivity index (χ0v) is 12.0. The summed E-state index contributed by atoms with van der Waals surface area (Å²) >= 11 is 0. The Balaban J connectivity index is 2.04. The van der Waals surface area contributed by atoms with Gasteiger partial charge in [0.05, 0.1) is 18.8 Å². The second-order valence-electron chi connectivity index (χ2n) is 5.10. The molecule has 1 aliphatic rings. The second kappa shape index (κ2) is 6.67. The molecule has 0 N–H and O–H groups in total. The molecule has 0 radical (unpaired) electrons. The van der Waals surface area contributed by atoms with E-state index in [0.717, 1.165) is 32.8 Å². The molecule has 1 aliphatic heterocycles. The van der Waals surface area contributed by atoms with Crippen LogP contribution in [-0.2, 0) is 11.3 Å². The van der Waals surface area contributed by atoms with Gasteiger partial charge in [-0.15, -0.1) is 0 Å². The van der Waals surface area contributed by atoms with E-state index in [2.05, 4.69) is 4.90 Å². The summed E-state index contributed by atoms with van der Waals surface area (Å²) in [5, 5.41) is 0. The molecule has 110 valence electrons. The topological polar surface area (TPSA) is 54.8 Å². The van der Waals surface area contributed by atoms with E-state index in [0.29, 0.717) is 12.1 Å². The number of pyridine rings is 1. The zero-order valence-electron chi connectivity index (χ0n) is 12.0. The largest absolute Gasteiger partial charge is 0.379 e. The number of rotatable bonds is 4. The van der Waals surface area contributed by atoms with Gasteiger partial charge in [0, 0.05) is 52.5 Å². The number of carbonyl (C=O) groups is 1. The Hall–Kier alpha value is -1.66. The first-order valence-corrected chi connectivity index (χ1v) is 6.80. The van der Waals surface area contributed by atoms with Crippen LogP contribution >= 0.6 is 0 Å². The zero-order chi connectivity index (χ0) is 14.5. The molecule has 1 aromatic heterocycles. The van der Waals surface area contributed by atoms with Crippen molar-refractivity contribution in [2.75, 3.05) is 46.9 Å². The van der Waals surface area contributed by atoms with Gasteiger partial charge in [-0.25, -0.2) is 0 Å². The van der Waals surface area contributed by atoms with Crippen LogP contribution in [-0.4, -0.2) is 67.2 Å². The summed E-state index contributed by atoms with van der Waals surface area (Å²) in [6.07, 6.45) is 1.64. The molecule has 2 rings (SSSR count). The number of morpholine rings is 1. The van der Waals surface area contributed by atoms with E-state index in [1.807, 2.05) is 0 Å². The molecular formula is C14H21N3O3. The molecule has 1 fully saturated rings. The summed E-state index contributed by atoms with van der Waals surface area (Å²) < 4.78 is 6.90. The predicted octanol–water partition coefficient (Wildman–Crippen LogP) is -0.118. The molecule has 1 amide bonds. The first-order chi connectivity index (χ1) is 9.58. The molecule has 0 aliphatic carbocycles. The summed E-state index contributed by atoms with van der Waals surface area (Å²) in [6, 6.07) is 3.03. The molecule has 20 heavy (non-hydrogen) atoms. The predicted molar refractivity (Wildman–Crippen MR) is 76.0 cm³/mol. The van der Waals surface area contributed by atoms with Crippen LogP contribution in [0.1, 0.15) is 10.4 Å². The molecule has 0 aromatic carbocycles. The molecule has 0 unspecified atom stereocenters. The summed E-state index contributed by atoms with van der Waals surface area (Å²) in [4.78, 5) is 27.5. The van der Waals surface area contributed by atoms with Gasteiger partial charge in [-0.3, -0.25) is 14.5 Å². The van der Waals surface area contributed by atoms with E-state index in [1.165, 1.54) is 11.0 Å². The average Bonchev–Trinajstić information content (AvgIpc) is 2.46. The van der Waals surface area contributed by atoms with Gasteiger partial charge in [-0.1, -0.05) is 0 Å². The van der Waals surface area contributed by atoms with Crippen molar-refractivity contribution < 1.29 is 9.53 Å². The highest BCUT2D eigenvalue weighted by atomic mass is 16.5. The van der Waals surface area contributed by atoms with Crippen LogP contribution in [0.25, 0.3) is 0 Å². The quantitative estimate of drug-likeness (QED) is 0.771. The Morgan fingerprint density at radius 3 is 2.60 bits per heavy atom. The van der Waals surface area contributed by atoms with Crippen molar-refractivity contribution in [1.29, 1.82) is 0 Å². The van der Waals surface area contributed by atoms with Crippen LogP contribution in [0, 0.1) is 0 Å². The van der Waals surface area contributed by atoms with Gasteiger partial charge in [-0.05, 0) is 6.07 Å². The van der Waals surface area contributed by atoms with Crippen LogP contribution in [0.15, 0.2) is 23.1 Å². The minimum absolute atomic E-state index is 0.0754. The fraction of sp³-hybridized carbons (Fsp3) is 0.571. The molecule has 6 heteroatoms. The van der Waals surface area contributed by atoms with Crippen LogP contribution in [0.2, 0.25) is 0 Å². The number of hydrogen-bond donors (Lipinski definition) is 0. The summed E-state index contributed by atoms with van der Waals surface area (Å²) in [6.45, 7) is 4.66. The third kappa shape index (κ3) is 3.68. The smallest absolute Gasteiger partial charge is 0.254 e. The minimum Gasteiger partial charge on any atom is -0.379 e. The van der Waals surface area contributed by atoms with Gasteiger partial charge < -0.3 is 14.2 Å². The van der Waals surface area contributed by atoms with Crippen molar-refractivity contribution in [1.82, 2.24) is 14.4 Å². The summed E-state index contributed by atoms with van der Waals surface area (Å²) in [5.74, 6) is -0.0925. The van der Waals surface area contributed by atoms with Crippen molar-refractivity contribution >= 4 is 5.91 Å². The van der Waals surface area contributed by atoms with Gasteiger partial charge >= 0.3 is 0 Å². The highest BCUT2D eigenvalue weighted by Gasteiger charge is 2.12. The molecule has 6 nitrogen and oxygen atoms in total. The molecule has 1 aromatic rings. The van der Waals surface area contributed by atoms with Crippen molar-refractivity contribution in [3.05, 3.63) is 34.2 Å². The number of amides is 1. The standard InChI is InChI=1S/C14H21N3O3/c1-15(2)14(19)12-3-4-13(18)17(11-12)6-5-16-7-9-20-10-8-16/h3-4,11H,5-10H2,1-2H3. The average molecular weight is 279 g/mol. The van der Waals surface area contributed by atoms with Gasteiger partial charge in [0.25, 0.3) is 11.5 Å². The van der Waals surface area contributed by atoms with Crippen molar-refractivity contribution in [3.8, 4) is 0 Å². The van der Waals surface area contributed by atoms with Gasteiger partial charge in [0.1, 0.15) is 0 Å². The second-order valence-corrected chi connectivity index (χ2v) is 5.10. The summed E-state index contributed by atoms with van der Waals surface area (Å²) in [7, 11) is 3.40. The van der Waals surface area contributed by atoms with E-state index in [1.54, 1.807) is 30.9 Å². The number of aromatic nitrogens is 1. The number of carbonyl (C=O) groups excluding carboxylic acids is 1. The Bertz CT molecular complexity index is 519. The first-order valence-electron chi connectivity index (χ1n) is 6.80. The number of nitrogens with zero attached hydrogens (tertiary/aromatic N) is 3. The molecule has 0 atom stereocenters. The molecule has 1 saturated heterocycles. The van der Waals surface area contributed by atoms with Crippen LogP contribution in [0.4, 0.5) is 0 Å². The van der Waals surface area contributed by atoms with E-state index in [4.69, 9.17) is 4.74 Å². The van der Waals surface area contributed by atoms with E-state index in [9.17, 15) is 9.59 Å². The molecule has 0 bridgehead atoms. The van der Waals surface area contributed by atoms with Gasteiger partial charge in [0.15, 0.2) is 0 Å². The van der Waals surface area contributed by atoms with E-state index >= 15 is 0 Å². The highest BCUT2D eigenvalue weighted by Crippen LogP contribution is 2.01. The fourth-order valence-electron chi connectivity index (χ4n) is 2.16. The molecule has 0 saturated carbocycles. The third-order valence-electron chi connectivity index (χ3n) is 3.40. The van der Waals surface area contributed by atoms with E-state index < -0.39 is 0 Å². The normalized spacial score (nSPS) is 16.1. The third-order valence-corrected chi connectivity index (χ3v) is 3.40. The lowest BCUT2D eigenvalue weighted by atomic mass is 10.2. The van der Waals surface area contributed by atoms with Crippen LogP contribution in [0.3, 0.4) is 0 Å². The fourth-order valence-corrected chi connectivity index (χ4v) is 2.16. The van der Waals surface area contributed by atoms with Crippen molar-refractivity contribution in [2.45, 2.75) is 6.54 Å².